The van der Waals surface area contributed by atoms with Crippen LogP contribution in [0.25, 0.3) is 0 Å². The SMILES string of the molecule is O=S(=O)(c1cccs1)N1CCCC2(COCCN(c3cccnc3)C2)C1. The number of anilines is 1. The summed E-state index contributed by atoms with van der Waals surface area (Å²) in [7, 11) is -3.42. The Bertz CT molecular complexity index is 827. The van der Waals surface area contributed by atoms with Gasteiger partial charge in [-0.05, 0) is 36.4 Å². The van der Waals surface area contributed by atoms with E-state index in [1.807, 2.05) is 17.6 Å². The van der Waals surface area contributed by atoms with E-state index in [-0.39, 0.29) is 5.41 Å². The Kier molecular flexibility index (Phi) is 5.00. The van der Waals surface area contributed by atoms with Gasteiger partial charge in [0.2, 0.25) is 0 Å². The first kappa shape index (κ1) is 17.9. The highest BCUT2D eigenvalue weighted by atomic mass is 32.2. The Morgan fingerprint density at radius 2 is 2.12 bits per heavy atom. The number of piperidine rings is 1. The minimum atomic E-state index is -3.42. The molecule has 0 bridgehead atoms. The maximum absolute atomic E-state index is 13.0. The first-order valence-corrected chi connectivity index (χ1v) is 11.2. The van der Waals surface area contributed by atoms with Crippen molar-refractivity contribution in [2.75, 3.05) is 44.3 Å². The van der Waals surface area contributed by atoms with Crippen molar-refractivity contribution in [3.8, 4) is 0 Å². The van der Waals surface area contributed by atoms with Crippen molar-refractivity contribution in [2.24, 2.45) is 5.41 Å². The van der Waals surface area contributed by atoms with Gasteiger partial charge in [0.1, 0.15) is 4.21 Å². The highest BCUT2D eigenvalue weighted by molar-refractivity contribution is 7.91. The molecular formula is C18H23N3O3S2. The van der Waals surface area contributed by atoms with Crippen LogP contribution in [0.5, 0.6) is 0 Å². The Labute approximate surface area is 158 Å². The average Bonchev–Trinajstić information content (AvgIpc) is 3.14. The van der Waals surface area contributed by atoms with E-state index in [4.69, 9.17) is 4.74 Å². The van der Waals surface area contributed by atoms with Gasteiger partial charge in [-0.1, -0.05) is 6.07 Å². The fraction of sp³-hybridized carbons (Fsp3) is 0.500. The minimum Gasteiger partial charge on any atom is -0.379 e. The maximum Gasteiger partial charge on any atom is 0.252 e. The van der Waals surface area contributed by atoms with Gasteiger partial charge in [0, 0.05) is 37.8 Å². The first-order valence-electron chi connectivity index (χ1n) is 8.86. The lowest BCUT2D eigenvalue weighted by molar-refractivity contribution is 0.0351. The highest BCUT2D eigenvalue weighted by Crippen LogP contribution is 2.37. The predicted octanol–water partition coefficient (Wildman–Crippen LogP) is 2.45. The predicted molar refractivity (Wildman–Crippen MR) is 102 cm³/mol. The molecule has 0 N–H and O–H groups in total. The van der Waals surface area contributed by atoms with Crippen molar-refractivity contribution in [3.05, 3.63) is 42.0 Å². The fourth-order valence-corrected chi connectivity index (χ4v) is 6.64. The second-order valence-electron chi connectivity index (χ2n) is 7.06. The van der Waals surface area contributed by atoms with Gasteiger partial charge in [0.25, 0.3) is 10.0 Å². The van der Waals surface area contributed by atoms with Gasteiger partial charge in [-0.25, -0.2) is 8.42 Å². The summed E-state index contributed by atoms with van der Waals surface area (Å²) in [5.41, 5.74) is 0.880. The smallest absolute Gasteiger partial charge is 0.252 e. The molecule has 1 spiro atoms. The normalized spacial score (nSPS) is 25.3. The third-order valence-electron chi connectivity index (χ3n) is 5.17. The van der Waals surface area contributed by atoms with Crippen molar-refractivity contribution in [1.29, 1.82) is 0 Å². The number of sulfonamides is 1. The van der Waals surface area contributed by atoms with E-state index in [0.29, 0.717) is 30.5 Å². The summed E-state index contributed by atoms with van der Waals surface area (Å²) in [6.07, 6.45) is 5.46. The minimum absolute atomic E-state index is 0.186. The molecule has 26 heavy (non-hydrogen) atoms. The average molecular weight is 394 g/mol. The van der Waals surface area contributed by atoms with Crippen LogP contribution in [0, 0.1) is 5.41 Å². The van der Waals surface area contributed by atoms with E-state index in [9.17, 15) is 8.42 Å². The summed E-state index contributed by atoms with van der Waals surface area (Å²) in [5.74, 6) is 0. The molecule has 2 aliphatic rings. The molecule has 0 aromatic carbocycles. The van der Waals surface area contributed by atoms with Crippen molar-refractivity contribution in [2.45, 2.75) is 17.1 Å². The van der Waals surface area contributed by atoms with Gasteiger partial charge >= 0.3 is 0 Å². The Morgan fingerprint density at radius 1 is 1.19 bits per heavy atom. The zero-order valence-corrected chi connectivity index (χ0v) is 16.2. The summed E-state index contributed by atoms with van der Waals surface area (Å²) in [4.78, 5) is 6.50. The van der Waals surface area contributed by atoms with Crippen LogP contribution in [0.3, 0.4) is 0 Å². The van der Waals surface area contributed by atoms with Crippen LogP contribution in [0.4, 0.5) is 5.69 Å². The second kappa shape index (κ2) is 7.26. The topological polar surface area (TPSA) is 62.7 Å². The summed E-state index contributed by atoms with van der Waals surface area (Å²) in [5, 5.41) is 1.81. The van der Waals surface area contributed by atoms with E-state index in [0.717, 1.165) is 31.6 Å². The molecule has 2 aromatic heterocycles. The molecule has 4 rings (SSSR count). The van der Waals surface area contributed by atoms with E-state index in [1.165, 1.54) is 11.3 Å². The van der Waals surface area contributed by atoms with Crippen molar-refractivity contribution in [3.63, 3.8) is 0 Å². The quantitative estimate of drug-likeness (QED) is 0.802. The monoisotopic (exact) mass is 393 g/mol. The molecule has 6 nitrogen and oxygen atoms in total. The number of aromatic nitrogens is 1. The molecule has 0 aliphatic carbocycles. The van der Waals surface area contributed by atoms with Gasteiger partial charge in [0.05, 0.1) is 25.1 Å². The van der Waals surface area contributed by atoms with Gasteiger partial charge in [-0.15, -0.1) is 11.3 Å². The van der Waals surface area contributed by atoms with Gasteiger partial charge < -0.3 is 9.64 Å². The lowest BCUT2D eigenvalue weighted by Crippen LogP contribution is -2.52. The summed E-state index contributed by atoms with van der Waals surface area (Å²) >= 11 is 1.28. The molecule has 4 heterocycles. The van der Waals surface area contributed by atoms with E-state index in [2.05, 4.69) is 16.0 Å². The summed E-state index contributed by atoms with van der Waals surface area (Å²) in [6.45, 7) is 3.91. The van der Waals surface area contributed by atoms with E-state index >= 15 is 0 Å². The molecule has 0 amide bonds. The van der Waals surface area contributed by atoms with Crippen LogP contribution in [-0.4, -0.2) is 57.1 Å². The van der Waals surface area contributed by atoms with Crippen LogP contribution in [0.2, 0.25) is 0 Å². The first-order chi connectivity index (χ1) is 12.6. The molecule has 2 aromatic rings. The van der Waals surface area contributed by atoms with Crippen LogP contribution < -0.4 is 4.90 Å². The Hall–Kier alpha value is -1.48. The van der Waals surface area contributed by atoms with Gasteiger partial charge in [-0.2, -0.15) is 4.31 Å². The van der Waals surface area contributed by atoms with E-state index in [1.54, 1.807) is 22.6 Å². The lowest BCUT2D eigenvalue weighted by atomic mass is 9.81. The van der Waals surface area contributed by atoms with Crippen molar-refractivity contribution >= 4 is 27.0 Å². The fourth-order valence-electron chi connectivity index (χ4n) is 3.91. The number of ether oxygens (including phenoxy) is 1. The highest BCUT2D eigenvalue weighted by Gasteiger charge is 2.42. The summed E-state index contributed by atoms with van der Waals surface area (Å²) < 4.78 is 34.0. The molecule has 140 valence electrons. The molecule has 0 saturated carbocycles. The van der Waals surface area contributed by atoms with Crippen LogP contribution >= 0.6 is 11.3 Å². The standard InChI is InChI=1S/C18H23N3O3S2/c22-26(23,17-5-2-11-25-17)21-8-3-6-18(14-21)13-20(9-10-24-15-18)16-4-1-7-19-12-16/h1-2,4-5,7,11-12H,3,6,8-10,13-15H2. The van der Waals surface area contributed by atoms with Crippen molar-refractivity contribution in [1.82, 2.24) is 9.29 Å². The van der Waals surface area contributed by atoms with Gasteiger partial charge in [-0.3, -0.25) is 4.98 Å². The zero-order valence-electron chi connectivity index (χ0n) is 14.6. The third-order valence-corrected chi connectivity index (χ3v) is 8.38. The molecule has 0 radical (unpaired) electrons. The number of rotatable bonds is 3. The van der Waals surface area contributed by atoms with Crippen LogP contribution in [0.15, 0.2) is 46.2 Å². The van der Waals surface area contributed by atoms with E-state index < -0.39 is 10.0 Å². The summed E-state index contributed by atoms with van der Waals surface area (Å²) in [6, 6.07) is 7.46. The van der Waals surface area contributed by atoms with Crippen molar-refractivity contribution < 1.29 is 13.2 Å². The number of hydrogen-bond donors (Lipinski definition) is 0. The number of pyridine rings is 1. The maximum atomic E-state index is 13.0. The molecular weight excluding hydrogens is 370 g/mol. The molecule has 2 fully saturated rings. The molecule has 1 atom stereocenters. The molecule has 2 aliphatic heterocycles. The number of hydrogen-bond acceptors (Lipinski definition) is 6. The Morgan fingerprint density at radius 3 is 2.88 bits per heavy atom. The molecule has 8 heteroatoms. The number of thiophene rings is 1. The molecule has 1 unspecified atom stereocenters. The van der Waals surface area contributed by atoms with Crippen LogP contribution in [0.1, 0.15) is 12.8 Å². The largest absolute Gasteiger partial charge is 0.379 e. The third kappa shape index (κ3) is 3.51. The van der Waals surface area contributed by atoms with Gasteiger partial charge in [0.15, 0.2) is 0 Å². The number of nitrogens with zero attached hydrogens (tertiary/aromatic N) is 3. The second-order valence-corrected chi connectivity index (χ2v) is 10.2. The molecule has 2 saturated heterocycles. The van der Waals surface area contributed by atoms with Crippen LogP contribution in [-0.2, 0) is 14.8 Å². The Balaban J connectivity index is 1.58. The zero-order chi connectivity index (χ0) is 18.0. The lowest BCUT2D eigenvalue weighted by Gasteiger charge is -2.43.